The van der Waals surface area contributed by atoms with E-state index in [0.717, 1.165) is 31.4 Å². The smallest absolute Gasteiger partial charge is 0.241 e. The molecule has 0 amide bonds. The van der Waals surface area contributed by atoms with E-state index in [1.807, 2.05) is 0 Å². The largest absolute Gasteiger partial charge is 0.385 e. The van der Waals surface area contributed by atoms with E-state index >= 15 is 0 Å². The molecule has 0 aromatic heterocycles. The summed E-state index contributed by atoms with van der Waals surface area (Å²) in [7, 11) is -2.00. The summed E-state index contributed by atoms with van der Waals surface area (Å²) in [5.74, 6) is -0.477. The van der Waals surface area contributed by atoms with Crippen LogP contribution in [0.4, 0.5) is 4.39 Å². The summed E-state index contributed by atoms with van der Waals surface area (Å²) in [6, 6.07) is 3.54. The fourth-order valence-electron chi connectivity index (χ4n) is 2.03. The van der Waals surface area contributed by atoms with Gasteiger partial charge in [0.25, 0.3) is 0 Å². The van der Waals surface area contributed by atoms with E-state index in [2.05, 4.69) is 20.7 Å². The molecular weight excluding hydrogens is 349 g/mol. The molecule has 0 heterocycles. The zero-order valence-corrected chi connectivity index (χ0v) is 13.6. The van der Waals surface area contributed by atoms with Crippen molar-refractivity contribution in [3.63, 3.8) is 0 Å². The zero-order valence-electron chi connectivity index (χ0n) is 11.2. The first-order chi connectivity index (χ1) is 9.38. The maximum absolute atomic E-state index is 13.0. The second kappa shape index (κ2) is 6.09. The highest BCUT2D eigenvalue weighted by atomic mass is 79.9. The summed E-state index contributed by atoms with van der Waals surface area (Å²) < 4.78 is 45.3. The Hall–Kier alpha value is -0.500. The Morgan fingerprint density at radius 1 is 1.45 bits per heavy atom. The third-order valence-electron chi connectivity index (χ3n) is 3.61. The number of rotatable bonds is 7. The summed E-state index contributed by atoms with van der Waals surface area (Å²) in [4.78, 5) is 0.0569. The molecule has 2 rings (SSSR count). The van der Waals surface area contributed by atoms with Crippen LogP contribution in [0, 0.1) is 11.2 Å². The quantitative estimate of drug-likeness (QED) is 0.807. The third-order valence-corrected chi connectivity index (χ3v) is 5.99. The topological polar surface area (TPSA) is 55.4 Å². The van der Waals surface area contributed by atoms with Gasteiger partial charge in [0.1, 0.15) is 5.82 Å². The lowest BCUT2D eigenvalue weighted by Gasteiger charge is -2.16. The molecule has 4 nitrogen and oxygen atoms in total. The van der Waals surface area contributed by atoms with E-state index in [0.29, 0.717) is 13.2 Å². The molecule has 7 heteroatoms. The van der Waals surface area contributed by atoms with E-state index in [1.165, 1.54) is 6.07 Å². The van der Waals surface area contributed by atoms with Crippen LogP contribution in [0.1, 0.15) is 19.3 Å². The van der Waals surface area contributed by atoms with Crippen molar-refractivity contribution in [2.24, 2.45) is 5.41 Å². The molecule has 1 fully saturated rings. The molecule has 1 aliphatic rings. The number of methoxy groups -OCH3 is 1. The molecule has 1 aromatic rings. The molecule has 0 unspecified atom stereocenters. The Balaban J connectivity index is 2.04. The Labute approximate surface area is 126 Å². The normalized spacial score (nSPS) is 17.1. The van der Waals surface area contributed by atoms with Gasteiger partial charge in [0.2, 0.25) is 10.0 Å². The van der Waals surface area contributed by atoms with Gasteiger partial charge in [0.05, 0.1) is 4.90 Å². The van der Waals surface area contributed by atoms with Gasteiger partial charge in [-0.25, -0.2) is 17.5 Å². The molecule has 20 heavy (non-hydrogen) atoms. The average Bonchev–Trinajstić information content (AvgIpc) is 3.14. The molecule has 0 radical (unpaired) electrons. The Morgan fingerprint density at radius 2 is 2.15 bits per heavy atom. The molecule has 1 aromatic carbocycles. The highest BCUT2D eigenvalue weighted by Gasteiger charge is 2.42. The average molecular weight is 366 g/mol. The predicted molar refractivity (Wildman–Crippen MR) is 77.4 cm³/mol. The van der Waals surface area contributed by atoms with Gasteiger partial charge in [0, 0.05) is 24.7 Å². The summed E-state index contributed by atoms with van der Waals surface area (Å²) >= 11 is 3.08. The van der Waals surface area contributed by atoms with Crippen LogP contribution in [-0.4, -0.2) is 28.7 Å². The Bertz CT molecular complexity index is 587. The fraction of sp³-hybridized carbons (Fsp3) is 0.538. The number of hydrogen-bond donors (Lipinski definition) is 1. The first-order valence-corrected chi connectivity index (χ1v) is 8.60. The van der Waals surface area contributed by atoms with Gasteiger partial charge in [-0.2, -0.15) is 0 Å². The number of halogens is 2. The van der Waals surface area contributed by atoms with E-state index in [9.17, 15) is 12.8 Å². The first kappa shape index (κ1) is 15.9. The first-order valence-electron chi connectivity index (χ1n) is 6.32. The van der Waals surface area contributed by atoms with Crippen LogP contribution < -0.4 is 4.72 Å². The highest BCUT2D eigenvalue weighted by molar-refractivity contribution is 9.10. The van der Waals surface area contributed by atoms with Crippen molar-refractivity contribution in [3.8, 4) is 0 Å². The van der Waals surface area contributed by atoms with Gasteiger partial charge >= 0.3 is 0 Å². The lowest BCUT2D eigenvalue weighted by Crippen LogP contribution is -2.31. The van der Waals surface area contributed by atoms with Crippen LogP contribution in [0.5, 0.6) is 0 Å². The van der Waals surface area contributed by atoms with Gasteiger partial charge in [-0.3, -0.25) is 0 Å². The molecule has 112 valence electrons. The van der Waals surface area contributed by atoms with Gasteiger partial charge in [-0.15, -0.1) is 0 Å². The lowest BCUT2D eigenvalue weighted by molar-refractivity contribution is 0.173. The van der Waals surface area contributed by atoms with E-state index in [1.54, 1.807) is 7.11 Å². The minimum atomic E-state index is -3.63. The molecule has 0 spiro atoms. The molecule has 1 aliphatic carbocycles. The van der Waals surface area contributed by atoms with Gasteiger partial charge in [-0.05, 0) is 58.8 Å². The van der Waals surface area contributed by atoms with Crippen LogP contribution in [0.2, 0.25) is 0 Å². The van der Waals surface area contributed by atoms with Gasteiger partial charge < -0.3 is 4.74 Å². The van der Waals surface area contributed by atoms with Crippen molar-refractivity contribution in [2.45, 2.75) is 24.2 Å². The second-order valence-electron chi connectivity index (χ2n) is 5.14. The van der Waals surface area contributed by atoms with E-state index in [-0.39, 0.29) is 14.8 Å². The van der Waals surface area contributed by atoms with Gasteiger partial charge in [-0.1, -0.05) is 0 Å². The van der Waals surface area contributed by atoms with Gasteiger partial charge in [0.15, 0.2) is 0 Å². The monoisotopic (exact) mass is 365 g/mol. The second-order valence-corrected chi connectivity index (χ2v) is 7.73. The van der Waals surface area contributed by atoms with E-state index in [4.69, 9.17) is 4.74 Å². The number of ether oxygens (including phenoxy) is 1. The minimum absolute atomic E-state index is 0.0234. The molecule has 0 bridgehead atoms. The molecular formula is C13H17BrFNO3S. The maximum Gasteiger partial charge on any atom is 0.241 e. The van der Waals surface area contributed by atoms with Crippen molar-refractivity contribution in [1.29, 1.82) is 0 Å². The fourth-order valence-corrected chi connectivity index (χ4v) is 4.23. The van der Waals surface area contributed by atoms with Crippen molar-refractivity contribution < 1.29 is 17.5 Å². The number of hydrogen-bond acceptors (Lipinski definition) is 3. The summed E-state index contributed by atoms with van der Waals surface area (Å²) in [5, 5.41) is 0. The third kappa shape index (κ3) is 3.78. The number of nitrogens with one attached hydrogen (secondary N) is 1. The van der Waals surface area contributed by atoms with Crippen LogP contribution in [-0.2, 0) is 14.8 Å². The molecule has 0 aliphatic heterocycles. The predicted octanol–water partition coefficient (Wildman–Crippen LogP) is 2.68. The SMILES string of the molecule is COCCC1(CNS(=O)(=O)c2ccc(F)cc2Br)CC1. The van der Waals surface area contributed by atoms with Crippen molar-refractivity contribution in [1.82, 2.24) is 4.72 Å². The summed E-state index contributed by atoms with van der Waals surface area (Å²) in [5.41, 5.74) is 0.0234. The molecule has 0 saturated heterocycles. The Morgan fingerprint density at radius 3 is 2.70 bits per heavy atom. The summed E-state index contributed by atoms with van der Waals surface area (Å²) in [6.45, 7) is 1.02. The van der Waals surface area contributed by atoms with Crippen LogP contribution >= 0.6 is 15.9 Å². The maximum atomic E-state index is 13.0. The number of benzene rings is 1. The number of sulfonamides is 1. The molecule has 0 atom stereocenters. The van der Waals surface area contributed by atoms with Crippen LogP contribution in [0.25, 0.3) is 0 Å². The lowest BCUT2D eigenvalue weighted by atomic mass is 10.0. The Kier molecular flexibility index (Phi) is 4.84. The minimum Gasteiger partial charge on any atom is -0.385 e. The zero-order chi connectivity index (χ0) is 14.8. The summed E-state index contributed by atoms with van der Waals surface area (Å²) in [6.07, 6.45) is 2.85. The van der Waals surface area contributed by atoms with Crippen LogP contribution in [0.3, 0.4) is 0 Å². The van der Waals surface area contributed by atoms with E-state index < -0.39 is 15.8 Å². The highest BCUT2D eigenvalue weighted by Crippen LogP contribution is 2.48. The standard InChI is InChI=1S/C13H17BrFNO3S/c1-19-7-6-13(4-5-13)9-16-20(17,18)12-3-2-10(15)8-11(12)14/h2-3,8,16H,4-7,9H2,1H3. The molecule has 1 saturated carbocycles. The van der Waals surface area contributed by atoms with Crippen molar-refractivity contribution in [3.05, 3.63) is 28.5 Å². The van der Waals surface area contributed by atoms with Crippen molar-refractivity contribution >= 4 is 26.0 Å². The molecule has 1 N–H and O–H groups in total. The van der Waals surface area contributed by atoms with Crippen LogP contribution in [0.15, 0.2) is 27.6 Å². The van der Waals surface area contributed by atoms with Crippen molar-refractivity contribution in [2.75, 3.05) is 20.3 Å².